The summed E-state index contributed by atoms with van der Waals surface area (Å²) in [6, 6.07) is 12.7. The fourth-order valence-corrected chi connectivity index (χ4v) is 2.96. The van der Waals surface area contributed by atoms with Crippen LogP contribution < -0.4 is 5.32 Å². The summed E-state index contributed by atoms with van der Waals surface area (Å²) >= 11 is 0. The number of methoxy groups -OCH3 is 1. The van der Waals surface area contributed by atoms with E-state index in [2.05, 4.69) is 5.32 Å². The van der Waals surface area contributed by atoms with Crippen LogP contribution in [-0.4, -0.2) is 19.8 Å². The summed E-state index contributed by atoms with van der Waals surface area (Å²) in [5, 5.41) is 3.41. The Kier molecular flexibility index (Phi) is 4.72. The lowest BCUT2D eigenvalue weighted by atomic mass is 9.91. The number of benzene rings is 2. The van der Waals surface area contributed by atoms with E-state index in [9.17, 15) is 8.78 Å². The number of nitrogens with one attached hydrogen (secondary N) is 1. The maximum absolute atomic E-state index is 13.3. The summed E-state index contributed by atoms with van der Waals surface area (Å²) < 4.78 is 32.2. The largest absolute Gasteiger partial charge is 0.386 e. The summed E-state index contributed by atoms with van der Waals surface area (Å²) in [7, 11) is 1.69. The third-order valence-electron chi connectivity index (χ3n) is 4.10. The van der Waals surface area contributed by atoms with Gasteiger partial charge in [0, 0.05) is 24.9 Å². The molecule has 0 radical (unpaired) electrons. The minimum Gasteiger partial charge on any atom is -0.386 e. The second-order valence-corrected chi connectivity index (χ2v) is 5.60. The molecule has 2 aromatic rings. The molecule has 23 heavy (non-hydrogen) atoms. The summed E-state index contributed by atoms with van der Waals surface area (Å²) in [6.07, 6.45) is 1.90. The van der Waals surface area contributed by atoms with Gasteiger partial charge in [-0.25, -0.2) is 8.78 Å². The highest BCUT2D eigenvalue weighted by Crippen LogP contribution is 2.31. The van der Waals surface area contributed by atoms with Crippen molar-refractivity contribution in [2.45, 2.75) is 18.9 Å². The summed E-state index contributed by atoms with van der Waals surface area (Å²) in [6.45, 7) is 0.862. The van der Waals surface area contributed by atoms with Gasteiger partial charge >= 0.3 is 0 Å². The number of hydrogen-bond acceptors (Lipinski definition) is 2. The average molecular weight is 315 g/mol. The molecule has 0 amide bonds. The molecule has 4 heteroatoms. The molecule has 0 aliphatic carbocycles. The predicted molar refractivity (Wildman–Crippen MR) is 86.9 cm³/mol. The van der Waals surface area contributed by atoms with E-state index in [0.29, 0.717) is 0 Å². The van der Waals surface area contributed by atoms with Crippen LogP contribution >= 0.6 is 0 Å². The molecule has 1 atom stereocenters. The smallest absolute Gasteiger partial charge is 0.123 e. The number of hydrogen-bond donors (Lipinski definition) is 1. The Morgan fingerprint density at radius 3 is 1.96 bits per heavy atom. The van der Waals surface area contributed by atoms with Crippen LogP contribution in [0, 0.1) is 11.6 Å². The zero-order valence-electron chi connectivity index (χ0n) is 13.0. The van der Waals surface area contributed by atoms with Crippen LogP contribution in [0.5, 0.6) is 0 Å². The molecule has 1 fully saturated rings. The van der Waals surface area contributed by atoms with Crippen LogP contribution in [0.15, 0.2) is 54.2 Å². The molecule has 0 aromatic heterocycles. The Labute approximate surface area is 134 Å². The van der Waals surface area contributed by atoms with Gasteiger partial charge in [0.25, 0.3) is 0 Å². The minimum absolute atomic E-state index is 0.0474. The second kappa shape index (κ2) is 6.92. The van der Waals surface area contributed by atoms with E-state index in [1.54, 1.807) is 31.4 Å². The Bertz CT molecular complexity index is 645. The van der Waals surface area contributed by atoms with Gasteiger partial charge in [-0.3, -0.25) is 0 Å². The molecule has 0 saturated carbocycles. The van der Waals surface area contributed by atoms with Gasteiger partial charge in [0.05, 0.1) is 6.10 Å². The van der Waals surface area contributed by atoms with E-state index in [1.807, 2.05) is 0 Å². The number of rotatable bonds is 3. The van der Waals surface area contributed by atoms with E-state index in [0.717, 1.165) is 41.8 Å². The highest BCUT2D eigenvalue weighted by molar-refractivity contribution is 5.82. The topological polar surface area (TPSA) is 21.3 Å². The minimum atomic E-state index is -0.280. The van der Waals surface area contributed by atoms with Crippen molar-refractivity contribution in [1.29, 1.82) is 0 Å². The van der Waals surface area contributed by atoms with E-state index >= 15 is 0 Å². The first kappa shape index (κ1) is 15.7. The van der Waals surface area contributed by atoms with Crippen molar-refractivity contribution in [2.75, 3.05) is 13.7 Å². The maximum Gasteiger partial charge on any atom is 0.123 e. The molecule has 1 N–H and O–H groups in total. The first-order chi connectivity index (χ1) is 11.2. The van der Waals surface area contributed by atoms with E-state index in [1.165, 1.54) is 24.3 Å². The predicted octanol–water partition coefficient (Wildman–Crippen LogP) is 4.12. The molecule has 1 aliphatic rings. The van der Waals surface area contributed by atoms with Crippen LogP contribution in [0.3, 0.4) is 0 Å². The Morgan fingerprint density at radius 1 is 0.957 bits per heavy atom. The first-order valence-electron chi connectivity index (χ1n) is 7.72. The van der Waals surface area contributed by atoms with Gasteiger partial charge in [-0.2, -0.15) is 0 Å². The molecule has 1 saturated heterocycles. The van der Waals surface area contributed by atoms with Crippen molar-refractivity contribution in [3.63, 3.8) is 0 Å². The van der Waals surface area contributed by atoms with E-state index < -0.39 is 0 Å². The third kappa shape index (κ3) is 3.42. The standard InChI is InChI=1S/C19H19F2NO/c1-23-17-3-2-12-22-19(17)18(13-4-8-15(20)9-5-13)14-6-10-16(21)11-7-14/h4-11,17,22H,2-3,12H2,1H3. The second-order valence-electron chi connectivity index (χ2n) is 5.60. The average Bonchev–Trinajstić information content (AvgIpc) is 2.59. The van der Waals surface area contributed by atoms with Crippen LogP contribution in [0.25, 0.3) is 5.57 Å². The van der Waals surface area contributed by atoms with Crippen LogP contribution in [0.1, 0.15) is 24.0 Å². The molecular formula is C19H19F2NO. The fraction of sp³-hybridized carbons (Fsp3) is 0.263. The van der Waals surface area contributed by atoms with Crippen molar-refractivity contribution in [3.05, 3.63) is 77.0 Å². The third-order valence-corrected chi connectivity index (χ3v) is 4.10. The quantitative estimate of drug-likeness (QED) is 0.920. The van der Waals surface area contributed by atoms with Crippen LogP contribution in [-0.2, 0) is 4.74 Å². The van der Waals surface area contributed by atoms with E-state index in [-0.39, 0.29) is 17.7 Å². The lowest BCUT2D eigenvalue weighted by Gasteiger charge is -2.29. The number of piperidine rings is 1. The van der Waals surface area contributed by atoms with E-state index in [4.69, 9.17) is 4.74 Å². The molecule has 1 aliphatic heterocycles. The van der Waals surface area contributed by atoms with Gasteiger partial charge < -0.3 is 10.1 Å². The molecule has 2 nitrogen and oxygen atoms in total. The molecule has 3 rings (SSSR count). The van der Waals surface area contributed by atoms with Gasteiger partial charge in [0.15, 0.2) is 0 Å². The summed E-state index contributed by atoms with van der Waals surface area (Å²) in [5.41, 5.74) is 3.66. The molecule has 2 aromatic carbocycles. The number of halogens is 2. The van der Waals surface area contributed by atoms with Crippen molar-refractivity contribution < 1.29 is 13.5 Å². The maximum atomic E-state index is 13.3. The summed E-state index contributed by atoms with van der Waals surface area (Å²) in [5.74, 6) is -0.561. The lowest BCUT2D eigenvalue weighted by Crippen LogP contribution is -2.33. The normalized spacial score (nSPS) is 17.7. The van der Waals surface area contributed by atoms with Gasteiger partial charge in [-0.15, -0.1) is 0 Å². The lowest BCUT2D eigenvalue weighted by molar-refractivity contribution is 0.107. The van der Waals surface area contributed by atoms with Crippen molar-refractivity contribution in [2.24, 2.45) is 0 Å². The Hall–Kier alpha value is -2.20. The first-order valence-corrected chi connectivity index (χ1v) is 7.72. The van der Waals surface area contributed by atoms with Gasteiger partial charge in [-0.05, 0) is 48.2 Å². The molecule has 0 bridgehead atoms. The highest BCUT2D eigenvalue weighted by atomic mass is 19.1. The zero-order valence-corrected chi connectivity index (χ0v) is 13.0. The molecular weight excluding hydrogens is 296 g/mol. The van der Waals surface area contributed by atoms with Crippen molar-refractivity contribution in [3.8, 4) is 0 Å². The molecule has 1 heterocycles. The fourth-order valence-electron chi connectivity index (χ4n) is 2.96. The van der Waals surface area contributed by atoms with Crippen LogP contribution in [0.2, 0.25) is 0 Å². The Balaban J connectivity index is 2.16. The number of ether oxygens (including phenoxy) is 1. The molecule has 0 spiro atoms. The zero-order chi connectivity index (χ0) is 16.2. The van der Waals surface area contributed by atoms with Gasteiger partial charge in [0.2, 0.25) is 0 Å². The Morgan fingerprint density at radius 2 is 1.48 bits per heavy atom. The van der Waals surface area contributed by atoms with Gasteiger partial charge in [0.1, 0.15) is 11.6 Å². The van der Waals surface area contributed by atoms with Gasteiger partial charge in [-0.1, -0.05) is 24.3 Å². The van der Waals surface area contributed by atoms with Crippen molar-refractivity contribution in [1.82, 2.24) is 5.32 Å². The molecule has 120 valence electrons. The molecule has 1 unspecified atom stereocenters. The highest BCUT2D eigenvalue weighted by Gasteiger charge is 2.23. The SMILES string of the molecule is COC1CCCNC1=C(c1ccc(F)cc1)c1ccc(F)cc1. The van der Waals surface area contributed by atoms with Crippen LogP contribution in [0.4, 0.5) is 8.78 Å². The summed E-state index contributed by atoms with van der Waals surface area (Å²) in [4.78, 5) is 0. The monoisotopic (exact) mass is 315 g/mol. The van der Waals surface area contributed by atoms with Crippen molar-refractivity contribution >= 4 is 5.57 Å².